The number of benzene rings is 1. The van der Waals surface area contributed by atoms with Gasteiger partial charge in [0.1, 0.15) is 13.2 Å². The van der Waals surface area contributed by atoms with Gasteiger partial charge in [0.25, 0.3) is 0 Å². The number of hydrogen-bond acceptors (Lipinski definition) is 4. The normalized spacial score (nSPS) is 15.8. The van der Waals surface area contributed by atoms with Crippen molar-refractivity contribution in [2.75, 3.05) is 32.8 Å². The highest BCUT2D eigenvalue weighted by molar-refractivity contribution is 5.49. The summed E-state index contributed by atoms with van der Waals surface area (Å²) in [5.41, 5.74) is 7.09. The molecule has 0 saturated heterocycles. The van der Waals surface area contributed by atoms with Crippen molar-refractivity contribution in [2.24, 2.45) is 5.73 Å². The number of rotatable bonds is 5. The smallest absolute Gasteiger partial charge is 0.166 e. The number of fused-ring (bicyclic) bond motifs is 1. The maximum absolute atomic E-state index is 5.95. The van der Waals surface area contributed by atoms with E-state index in [4.69, 9.17) is 15.2 Å². The third kappa shape index (κ3) is 2.44. The highest BCUT2D eigenvalue weighted by Gasteiger charge is 2.24. The van der Waals surface area contributed by atoms with Crippen LogP contribution in [0.4, 0.5) is 0 Å². The summed E-state index contributed by atoms with van der Waals surface area (Å²) in [7, 11) is 0. The predicted molar refractivity (Wildman–Crippen MR) is 72.1 cm³/mol. The van der Waals surface area contributed by atoms with E-state index in [9.17, 15) is 0 Å². The summed E-state index contributed by atoms with van der Waals surface area (Å²) in [5.74, 6) is 1.70. The molecule has 0 fully saturated rings. The molecule has 1 aromatic rings. The zero-order chi connectivity index (χ0) is 13.0. The second kappa shape index (κ2) is 6.07. The molecule has 0 aliphatic carbocycles. The van der Waals surface area contributed by atoms with Crippen LogP contribution in [-0.4, -0.2) is 37.7 Å². The van der Waals surface area contributed by atoms with E-state index in [0.29, 0.717) is 19.8 Å². The van der Waals surface area contributed by atoms with Crippen LogP contribution in [0.15, 0.2) is 18.2 Å². The summed E-state index contributed by atoms with van der Waals surface area (Å²) in [5, 5.41) is 0. The molecule has 0 bridgehead atoms. The van der Waals surface area contributed by atoms with Gasteiger partial charge in [-0.25, -0.2) is 0 Å². The summed E-state index contributed by atoms with van der Waals surface area (Å²) in [6, 6.07) is 6.24. The molecule has 0 amide bonds. The first kappa shape index (κ1) is 13.2. The lowest BCUT2D eigenvalue weighted by Crippen LogP contribution is -2.34. The SMILES string of the molecule is CCN(CC)C(CN)c1cccc2c1OCCO2. The Morgan fingerprint density at radius 1 is 1.22 bits per heavy atom. The first-order valence-corrected chi connectivity index (χ1v) is 6.64. The predicted octanol–water partition coefficient (Wildman–Crippen LogP) is 1.80. The Morgan fingerprint density at radius 2 is 1.94 bits per heavy atom. The zero-order valence-corrected chi connectivity index (χ0v) is 11.2. The third-order valence-corrected chi connectivity index (χ3v) is 3.43. The summed E-state index contributed by atoms with van der Waals surface area (Å²) < 4.78 is 11.4. The standard InChI is InChI=1S/C14H22N2O2/c1-3-16(4-2)12(10-15)11-6-5-7-13-14(11)18-9-8-17-13/h5-7,12H,3-4,8-10,15H2,1-2H3. The molecule has 1 aliphatic heterocycles. The van der Waals surface area contributed by atoms with E-state index in [1.807, 2.05) is 12.1 Å². The van der Waals surface area contributed by atoms with E-state index < -0.39 is 0 Å². The van der Waals surface area contributed by atoms with Crippen molar-refractivity contribution < 1.29 is 9.47 Å². The van der Waals surface area contributed by atoms with Gasteiger partial charge in [-0.05, 0) is 19.2 Å². The topological polar surface area (TPSA) is 47.7 Å². The number of nitrogens with zero attached hydrogens (tertiary/aromatic N) is 1. The van der Waals surface area contributed by atoms with Crippen molar-refractivity contribution >= 4 is 0 Å². The summed E-state index contributed by atoms with van der Waals surface area (Å²) in [6.07, 6.45) is 0. The Labute approximate surface area is 109 Å². The van der Waals surface area contributed by atoms with Crippen LogP contribution in [-0.2, 0) is 0 Å². The fourth-order valence-corrected chi connectivity index (χ4v) is 2.50. The van der Waals surface area contributed by atoms with Gasteiger partial charge in [0.05, 0.1) is 6.04 Å². The molecule has 1 atom stereocenters. The number of ether oxygens (including phenoxy) is 2. The molecule has 1 unspecified atom stereocenters. The van der Waals surface area contributed by atoms with Crippen LogP contribution in [0.2, 0.25) is 0 Å². The molecule has 0 saturated carbocycles. The molecule has 4 heteroatoms. The highest BCUT2D eigenvalue weighted by atomic mass is 16.6. The minimum Gasteiger partial charge on any atom is -0.486 e. The van der Waals surface area contributed by atoms with Crippen LogP contribution in [0.1, 0.15) is 25.5 Å². The van der Waals surface area contributed by atoms with Gasteiger partial charge >= 0.3 is 0 Å². The summed E-state index contributed by atoms with van der Waals surface area (Å²) in [6.45, 7) is 8.07. The average Bonchev–Trinajstić information content (AvgIpc) is 2.44. The molecular weight excluding hydrogens is 228 g/mol. The van der Waals surface area contributed by atoms with Crippen molar-refractivity contribution in [1.29, 1.82) is 0 Å². The molecule has 0 radical (unpaired) electrons. The van der Waals surface area contributed by atoms with E-state index in [2.05, 4.69) is 24.8 Å². The van der Waals surface area contributed by atoms with Crippen LogP contribution < -0.4 is 15.2 Å². The Morgan fingerprint density at radius 3 is 2.61 bits per heavy atom. The minimum atomic E-state index is 0.191. The molecule has 0 spiro atoms. The molecule has 4 nitrogen and oxygen atoms in total. The van der Waals surface area contributed by atoms with Crippen LogP contribution >= 0.6 is 0 Å². The molecule has 1 aliphatic rings. The third-order valence-electron chi connectivity index (χ3n) is 3.43. The lowest BCUT2D eigenvalue weighted by molar-refractivity contribution is 0.161. The molecular formula is C14H22N2O2. The van der Waals surface area contributed by atoms with E-state index in [0.717, 1.165) is 30.2 Å². The number of nitrogens with two attached hydrogens (primary N) is 1. The monoisotopic (exact) mass is 250 g/mol. The van der Waals surface area contributed by atoms with Crippen molar-refractivity contribution in [2.45, 2.75) is 19.9 Å². The molecule has 2 N–H and O–H groups in total. The first-order chi connectivity index (χ1) is 8.81. The number of hydrogen-bond donors (Lipinski definition) is 1. The van der Waals surface area contributed by atoms with Gasteiger partial charge in [-0.3, -0.25) is 4.90 Å². The number of likely N-dealkylation sites (N-methyl/N-ethyl adjacent to an activating group) is 1. The van der Waals surface area contributed by atoms with Gasteiger partial charge in [-0.1, -0.05) is 26.0 Å². The van der Waals surface area contributed by atoms with Gasteiger partial charge in [0.15, 0.2) is 11.5 Å². The number of para-hydroxylation sites is 1. The lowest BCUT2D eigenvalue weighted by atomic mass is 10.0. The Balaban J connectivity index is 2.36. The van der Waals surface area contributed by atoms with Crippen LogP contribution in [0.25, 0.3) is 0 Å². The summed E-state index contributed by atoms with van der Waals surface area (Å²) in [4.78, 5) is 2.34. The molecule has 1 aromatic carbocycles. The van der Waals surface area contributed by atoms with Gasteiger partial charge in [0.2, 0.25) is 0 Å². The van der Waals surface area contributed by atoms with Crippen molar-refractivity contribution in [1.82, 2.24) is 4.90 Å². The Hall–Kier alpha value is -1.26. The maximum atomic E-state index is 5.95. The van der Waals surface area contributed by atoms with Crippen LogP contribution in [0, 0.1) is 0 Å². The highest BCUT2D eigenvalue weighted by Crippen LogP contribution is 2.38. The van der Waals surface area contributed by atoms with Crippen molar-refractivity contribution in [3.63, 3.8) is 0 Å². The molecule has 1 heterocycles. The summed E-state index contributed by atoms with van der Waals surface area (Å²) >= 11 is 0. The first-order valence-electron chi connectivity index (χ1n) is 6.64. The molecule has 2 rings (SSSR count). The van der Waals surface area contributed by atoms with E-state index in [-0.39, 0.29) is 6.04 Å². The van der Waals surface area contributed by atoms with Crippen molar-refractivity contribution in [3.05, 3.63) is 23.8 Å². The van der Waals surface area contributed by atoms with E-state index >= 15 is 0 Å². The van der Waals surface area contributed by atoms with E-state index in [1.54, 1.807) is 0 Å². The maximum Gasteiger partial charge on any atom is 0.166 e. The second-order valence-electron chi connectivity index (χ2n) is 4.34. The van der Waals surface area contributed by atoms with Gasteiger partial charge in [-0.2, -0.15) is 0 Å². The second-order valence-corrected chi connectivity index (χ2v) is 4.34. The molecule has 18 heavy (non-hydrogen) atoms. The van der Waals surface area contributed by atoms with Crippen molar-refractivity contribution in [3.8, 4) is 11.5 Å². The minimum absolute atomic E-state index is 0.191. The fourth-order valence-electron chi connectivity index (χ4n) is 2.50. The lowest BCUT2D eigenvalue weighted by Gasteiger charge is -2.31. The fraction of sp³-hybridized carbons (Fsp3) is 0.571. The Kier molecular flexibility index (Phi) is 4.44. The zero-order valence-electron chi connectivity index (χ0n) is 11.2. The van der Waals surface area contributed by atoms with Gasteiger partial charge in [0, 0.05) is 12.1 Å². The molecule has 0 aromatic heterocycles. The van der Waals surface area contributed by atoms with E-state index in [1.165, 1.54) is 0 Å². The largest absolute Gasteiger partial charge is 0.486 e. The Bertz CT molecular complexity index is 391. The van der Waals surface area contributed by atoms with Gasteiger partial charge in [-0.15, -0.1) is 0 Å². The average molecular weight is 250 g/mol. The van der Waals surface area contributed by atoms with Gasteiger partial charge < -0.3 is 15.2 Å². The van der Waals surface area contributed by atoms with Crippen LogP contribution in [0.3, 0.4) is 0 Å². The van der Waals surface area contributed by atoms with Crippen LogP contribution in [0.5, 0.6) is 11.5 Å². The molecule has 100 valence electrons. The quantitative estimate of drug-likeness (QED) is 0.865.